The van der Waals surface area contributed by atoms with Crippen molar-refractivity contribution in [1.82, 2.24) is 0 Å². The predicted octanol–water partition coefficient (Wildman–Crippen LogP) is 1.80. The third-order valence-electron chi connectivity index (χ3n) is 1.86. The van der Waals surface area contributed by atoms with Crippen molar-refractivity contribution in [3.63, 3.8) is 0 Å². The first-order valence-electron chi connectivity index (χ1n) is 4.65. The summed E-state index contributed by atoms with van der Waals surface area (Å²) in [5.41, 5.74) is 8.00. The smallest absolute Gasteiger partial charge is 0.153 e. The topological polar surface area (TPSA) is 71.0 Å². The van der Waals surface area contributed by atoms with Crippen molar-refractivity contribution in [2.24, 2.45) is 15.9 Å². The molecule has 0 aliphatic rings. The molecule has 1 aromatic rings. The Balaban J connectivity index is 3.02. The van der Waals surface area contributed by atoms with Gasteiger partial charge in [-0.2, -0.15) is 5.10 Å². The van der Waals surface area contributed by atoms with Gasteiger partial charge in [0.1, 0.15) is 5.75 Å². The first-order chi connectivity index (χ1) is 7.00. The number of nitrogens with zero attached hydrogens (tertiary/aromatic N) is 2. The fourth-order valence-electron chi connectivity index (χ4n) is 0.980. The zero-order valence-corrected chi connectivity index (χ0v) is 9.15. The number of phenolic OH excluding ortho intramolecular Hbond substituents is 1. The minimum absolute atomic E-state index is 0.211. The molecule has 0 aliphatic carbocycles. The van der Waals surface area contributed by atoms with Crippen molar-refractivity contribution in [1.29, 1.82) is 0 Å². The van der Waals surface area contributed by atoms with Crippen molar-refractivity contribution in [2.75, 3.05) is 0 Å². The average Bonchev–Trinajstić information content (AvgIpc) is 2.18. The highest BCUT2D eigenvalue weighted by molar-refractivity contribution is 5.98. The molecule has 0 heterocycles. The second kappa shape index (κ2) is 4.59. The molecule has 4 nitrogen and oxygen atoms in total. The zero-order chi connectivity index (χ0) is 11.4. The van der Waals surface area contributed by atoms with E-state index in [1.807, 2.05) is 20.8 Å². The van der Waals surface area contributed by atoms with E-state index in [0.717, 1.165) is 11.3 Å². The molecule has 0 amide bonds. The summed E-state index contributed by atoms with van der Waals surface area (Å²) in [4.78, 5) is 0. The van der Waals surface area contributed by atoms with Crippen LogP contribution in [0.4, 0.5) is 0 Å². The van der Waals surface area contributed by atoms with Crippen LogP contribution in [0.2, 0.25) is 0 Å². The van der Waals surface area contributed by atoms with E-state index in [0.29, 0.717) is 11.4 Å². The SMILES string of the molecule is CC(C)=N/N=C(\N)c1ccc(C)c(O)c1. The molecule has 1 rings (SSSR count). The number of aromatic hydroxyl groups is 1. The largest absolute Gasteiger partial charge is 0.508 e. The molecule has 0 radical (unpaired) electrons. The number of rotatable bonds is 2. The maximum absolute atomic E-state index is 9.48. The third kappa shape index (κ3) is 3.09. The van der Waals surface area contributed by atoms with Crippen molar-refractivity contribution < 1.29 is 5.11 Å². The van der Waals surface area contributed by atoms with Gasteiger partial charge < -0.3 is 10.8 Å². The van der Waals surface area contributed by atoms with Crippen LogP contribution in [-0.4, -0.2) is 16.7 Å². The molecule has 0 atom stereocenters. The van der Waals surface area contributed by atoms with Gasteiger partial charge in [0.25, 0.3) is 0 Å². The van der Waals surface area contributed by atoms with E-state index in [1.54, 1.807) is 18.2 Å². The summed E-state index contributed by atoms with van der Waals surface area (Å²) in [5.74, 6) is 0.509. The Hall–Kier alpha value is -1.84. The standard InChI is InChI=1S/C11H15N3O/c1-7(2)13-14-11(12)9-5-4-8(3)10(15)6-9/h4-6,15H,1-3H3,(H2,12,14). The van der Waals surface area contributed by atoms with Crippen LogP contribution < -0.4 is 5.73 Å². The maximum Gasteiger partial charge on any atom is 0.153 e. The van der Waals surface area contributed by atoms with Crippen LogP contribution in [0.25, 0.3) is 0 Å². The van der Waals surface area contributed by atoms with Gasteiger partial charge in [0.15, 0.2) is 5.84 Å². The Kier molecular flexibility index (Phi) is 3.44. The first kappa shape index (κ1) is 11.2. The quantitative estimate of drug-likeness (QED) is 0.439. The number of aryl methyl sites for hydroxylation is 1. The predicted molar refractivity (Wildman–Crippen MR) is 62.4 cm³/mol. The minimum atomic E-state index is 0.211. The van der Waals surface area contributed by atoms with Crippen LogP contribution in [0.15, 0.2) is 28.4 Å². The van der Waals surface area contributed by atoms with Gasteiger partial charge in [0.2, 0.25) is 0 Å². The Morgan fingerprint density at radius 2 is 1.93 bits per heavy atom. The van der Waals surface area contributed by atoms with E-state index >= 15 is 0 Å². The van der Waals surface area contributed by atoms with Crippen molar-refractivity contribution in [3.05, 3.63) is 29.3 Å². The van der Waals surface area contributed by atoms with Crippen LogP contribution in [0.3, 0.4) is 0 Å². The Labute approximate surface area is 89.2 Å². The summed E-state index contributed by atoms with van der Waals surface area (Å²) in [6, 6.07) is 5.17. The molecule has 0 bridgehead atoms. The second-order valence-corrected chi connectivity index (χ2v) is 3.53. The summed E-state index contributed by atoms with van der Waals surface area (Å²) < 4.78 is 0. The van der Waals surface area contributed by atoms with Crippen LogP contribution in [0, 0.1) is 6.92 Å². The zero-order valence-electron chi connectivity index (χ0n) is 9.15. The molecule has 0 saturated carbocycles. The molecule has 0 spiro atoms. The number of hydrogen-bond acceptors (Lipinski definition) is 3. The monoisotopic (exact) mass is 205 g/mol. The molecule has 15 heavy (non-hydrogen) atoms. The van der Waals surface area contributed by atoms with Gasteiger partial charge in [-0.25, -0.2) is 0 Å². The Bertz CT molecular complexity index is 418. The van der Waals surface area contributed by atoms with Gasteiger partial charge >= 0.3 is 0 Å². The summed E-state index contributed by atoms with van der Waals surface area (Å²) in [5, 5.41) is 17.2. The van der Waals surface area contributed by atoms with Crippen molar-refractivity contribution >= 4 is 11.5 Å². The average molecular weight is 205 g/mol. The summed E-state index contributed by atoms with van der Waals surface area (Å²) in [6.07, 6.45) is 0. The Morgan fingerprint density at radius 3 is 2.47 bits per heavy atom. The lowest BCUT2D eigenvalue weighted by Crippen LogP contribution is -2.12. The van der Waals surface area contributed by atoms with Crippen LogP contribution >= 0.6 is 0 Å². The van der Waals surface area contributed by atoms with Crippen LogP contribution in [-0.2, 0) is 0 Å². The molecule has 1 aromatic carbocycles. The van der Waals surface area contributed by atoms with E-state index in [1.165, 1.54) is 0 Å². The van der Waals surface area contributed by atoms with Gasteiger partial charge in [0, 0.05) is 11.3 Å². The maximum atomic E-state index is 9.48. The highest BCUT2D eigenvalue weighted by Crippen LogP contribution is 2.17. The second-order valence-electron chi connectivity index (χ2n) is 3.53. The molecule has 0 aromatic heterocycles. The summed E-state index contributed by atoms with van der Waals surface area (Å²) in [6.45, 7) is 5.49. The molecule has 0 unspecified atom stereocenters. The summed E-state index contributed by atoms with van der Waals surface area (Å²) >= 11 is 0. The van der Waals surface area contributed by atoms with E-state index in [-0.39, 0.29) is 5.75 Å². The molecule has 4 heteroatoms. The van der Waals surface area contributed by atoms with Gasteiger partial charge in [-0.05, 0) is 32.4 Å². The van der Waals surface area contributed by atoms with E-state index in [4.69, 9.17) is 5.73 Å². The number of phenols is 1. The summed E-state index contributed by atoms with van der Waals surface area (Å²) in [7, 11) is 0. The molecular weight excluding hydrogens is 190 g/mol. The molecule has 0 saturated heterocycles. The lowest BCUT2D eigenvalue weighted by atomic mass is 10.1. The van der Waals surface area contributed by atoms with Gasteiger partial charge in [0.05, 0.1) is 0 Å². The number of amidine groups is 1. The normalized spacial score (nSPS) is 11.3. The molecule has 3 N–H and O–H groups in total. The molecule has 0 aliphatic heterocycles. The highest BCUT2D eigenvalue weighted by atomic mass is 16.3. The Morgan fingerprint density at radius 1 is 1.27 bits per heavy atom. The van der Waals surface area contributed by atoms with E-state index in [9.17, 15) is 5.11 Å². The number of nitrogens with two attached hydrogens (primary N) is 1. The van der Waals surface area contributed by atoms with Crippen molar-refractivity contribution in [2.45, 2.75) is 20.8 Å². The molecule has 80 valence electrons. The molecular formula is C11H15N3O. The lowest BCUT2D eigenvalue weighted by molar-refractivity contribution is 0.471. The minimum Gasteiger partial charge on any atom is -0.508 e. The van der Waals surface area contributed by atoms with E-state index in [2.05, 4.69) is 10.2 Å². The van der Waals surface area contributed by atoms with Crippen LogP contribution in [0.5, 0.6) is 5.75 Å². The van der Waals surface area contributed by atoms with Crippen LogP contribution in [0.1, 0.15) is 25.0 Å². The first-order valence-corrected chi connectivity index (χ1v) is 4.65. The van der Waals surface area contributed by atoms with Crippen molar-refractivity contribution in [3.8, 4) is 5.75 Å². The fourth-order valence-corrected chi connectivity index (χ4v) is 0.980. The third-order valence-corrected chi connectivity index (χ3v) is 1.86. The fraction of sp³-hybridized carbons (Fsp3) is 0.273. The van der Waals surface area contributed by atoms with E-state index < -0.39 is 0 Å². The van der Waals surface area contributed by atoms with Gasteiger partial charge in [-0.3, -0.25) is 0 Å². The highest BCUT2D eigenvalue weighted by Gasteiger charge is 2.01. The van der Waals surface area contributed by atoms with Gasteiger partial charge in [-0.15, -0.1) is 5.10 Å². The number of hydrogen-bond donors (Lipinski definition) is 2. The molecule has 0 fully saturated rings. The lowest BCUT2D eigenvalue weighted by Gasteiger charge is -2.02. The van der Waals surface area contributed by atoms with Gasteiger partial charge in [-0.1, -0.05) is 12.1 Å². The number of benzene rings is 1.